The van der Waals surface area contributed by atoms with Crippen molar-refractivity contribution in [2.75, 3.05) is 31.2 Å². The van der Waals surface area contributed by atoms with Crippen molar-refractivity contribution in [3.8, 4) is 5.75 Å². The van der Waals surface area contributed by atoms with Crippen LogP contribution in [0.5, 0.6) is 5.75 Å². The molecule has 0 radical (unpaired) electrons. The first-order valence-corrected chi connectivity index (χ1v) is 9.18. The maximum absolute atomic E-state index is 11.5. The topological polar surface area (TPSA) is 72.6 Å². The molecule has 0 spiro atoms. The lowest BCUT2D eigenvalue weighted by Gasteiger charge is -2.32. The first-order chi connectivity index (χ1) is 10.00. The molecule has 1 heterocycles. The van der Waals surface area contributed by atoms with Gasteiger partial charge in [-0.1, -0.05) is 12.1 Å². The van der Waals surface area contributed by atoms with E-state index in [2.05, 4.69) is 4.90 Å². The molecule has 1 aliphatic rings. The summed E-state index contributed by atoms with van der Waals surface area (Å²) in [5, 5.41) is 0. The monoisotopic (exact) mass is 312 g/mol. The SMILES string of the molecule is CC1CS(=O)(=O)CCN1CCCOc1ccc(CN)cc1. The van der Waals surface area contributed by atoms with E-state index in [9.17, 15) is 8.42 Å². The molecule has 118 valence electrons. The fourth-order valence-electron chi connectivity index (χ4n) is 2.54. The van der Waals surface area contributed by atoms with E-state index in [4.69, 9.17) is 10.5 Å². The van der Waals surface area contributed by atoms with Crippen molar-refractivity contribution in [2.24, 2.45) is 5.73 Å². The van der Waals surface area contributed by atoms with Gasteiger partial charge in [0.25, 0.3) is 0 Å². The van der Waals surface area contributed by atoms with Crippen molar-refractivity contribution in [1.82, 2.24) is 4.90 Å². The summed E-state index contributed by atoms with van der Waals surface area (Å²) in [4.78, 5) is 2.22. The largest absolute Gasteiger partial charge is 0.494 e. The molecule has 1 aromatic carbocycles. The Morgan fingerprint density at radius 2 is 2.05 bits per heavy atom. The smallest absolute Gasteiger partial charge is 0.153 e. The van der Waals surface area contributed by atoms with Crippen molar-refractivity contribution in [1.29, 1.82) is 0 Å². The molecule has 1 fully saturated rings. The van der Waals surface area contributed by atoms with Crippen LogP contribution >= 0.6 is 0 Å². The third-order valence-corrected chi connectivity index (χ3v) is 5.62. The van der Waals surface area contributed by atoms with Crippen LogP contribution in [0.1, 0.15) is 18.9 Å². The summed E-state index contributed by atoms with van der Waals surface area (Å²) < 4.78 is 28.7. The van der Waals surface area contributed by atoms with E-state index in [0.717, 1.165) is 24.3 Å². The molecular formula is C15H24N2O3S. The Morgan fingerprint density at radius 3 is 2.67 bits per heavy atom. The molecule has 6 heteroatoms. The number of sulfone groups is 1. The molecule has 2 rings (SSSR count). The van der Waals surface area contributed by atoms with Gasteiger partial charge in [-0.25, -0.2) is 8.42 Å². The van der Waals surface area contributed by atoms with Crippen LogP contribution in [0.15, 0.2) is 24.3 Å². The van der Waals surface area contributed by atoms with Crippen molar-refractivity contribution in [2.45, 2.75) is 25.9 Å². The van der Waals surface area contributed by atoms with Gasteiger partial charge in [0.15, 0.2) is 9.84 Å². The van der Waals surface area contributed by atoms with Crippen molar-refractivity contribution in [3.05, 3.63) is 29.8 Å². The predicted molar refractivity (Wildman–Crippen MR) is 84.1 cm³/mol. The standard InChI is InChI=1S/C15H24N2O3S/c1-13-12-21(18,19)10-8-17(13)7-2-9-20-15-5-3-14(11-16)4-6-15/h3-6,13H,2,7-12,16H2,1H3. The lowest BCUT2D eigenvalue weighted by atomic mass is 10.2. The zero-order valence-corrected chi connectivity index (χ0v) is 13.3. The van der Waals surface area contributed by atoms with Gasteiger partial charge in [0, 0.05) is 25.7 Å². The summed E-state index contributed by atoms with van der Waals surface area (Å²) in [6.45, 7) is 4.66. The van der Waals surface area contributed by atoms with E-state index < -0.39 is 9.84 Å². The Kier molecular flexibility index (Phi) is 5.61. The first kappa shape index (κ1) is 16.3. The van der Waals surface area contributed by atoms with Gasteiger partial charge in [0.1, 0.15) is 5.75 Å². The second-order valence-electron chi connectivity index (χ2n) is 5.55. The van der Waals surface area contributed by atoms with Gasteiger partial charge >= 0.3 is 0 Å². The van der Waals surface area contributed by atoms with Crippen molar-refractivity contribution in [3.63, 3.8) is 0 Å². The summed E-state index contributed by atoms with van der Waals surface area (Å²) >= 11 is 0. The van der Waals surface area contributed by atoms with Crippen LogP contribution in [0.4, 0.5) is 0 Å². The number of nitrogens with zero attached hydrogens (tertiary/aromatic N) is 1. The normalized spacial score (nSPS) is 22.1. The maximum atomic E-state index is 11.5. The molecule has 5 nitrogen and oxygen atoms in total. The lowest BCUT2D eigenvalue weighted by molar-refractivity contribution is 0.202. The summed E-state index contributed by atoms with van der Waals surface area (Å²) in [6.07, 6.45) is 0.892. The van der Waals surface area contributed by atoms with E-state index in [1.165, 1.54) is 0 Å². The molecule has 1 saturated heterocycles. The van der Waals surface area contributed by atoms with Gasteiger partial charge in [-0.2, -0.15) is 0 Å². The van der Waals surface area contributed by atoms with Gasteiger partial charge in [0.05, 0.1) is 18.1 Å². The third kappa shape index (κ3) is 4.98. The minimum absolute atomic E-state index is 0.104. The average Bonchev–Trinajstić information content (AvgIpc) is 2.45. The van der Waals surface area contributed by atoms with Crippen LogP contribution in [0.3, 0.4) is 0 Å². The molecule has 0 amide bonds. The molecule has 1 aliphatic heterocycles. The lowest BCUT2D eigenvalue weighted by Crippen LogP contribution is -2.47. The fourth-order valence-corrected chi connectivity index (χ4v) is 4.17. The quantitative estimate of drug-likeness (QED) is 0.794. The summed E-state index contributed by atoms with van der Waals surface area (Å²) in [5.74, 6) is 1.40. The van der Waals surface area contributed by atoms with Gasteiger partial charge in [-0.3, -0.25) is 4.90 Å². The summed E-state index contributed by atoms with van der Waals surface area (Å²) in [6, 6.07) is 7.89. The highest BCUT2D eigenvalue weighted by Gasteiger charge is 2.27. The van der Waals surface area contributed by atoms with Crippen LogP contribution in [0, 0.1) is 0 Å². The van der Waals surface area contributed by atoms with Crippen LogP contribution in [-0.4, -0.2) is 50.6 Å². The molecule has 2 N–H and O–H groups in total. The Labute approximate surface area is 127 Å². The first-order valence-electron chi connectivity index (χ1n) is 7.36. The zero-order valence-electron chi connectivity index (χ0n) is 12.5. The van der Waals surface area contributed by atoms with Gasteiger partial charge < -0.3 is 10.5 Å². The number of ether oxygens (including phenoxy) is 1. The van der Waals surface area contributed by atoms with E-state index >= 15 is 0 Å². The van der Waals surface area contributed by atoms with E-state index in [0.29, 0.717) is 19.7 Å². The van der Waals surface area contributed by atoms with Gasteiger partial charge in [-0.05, 0) is 31.0 Å². The van der Waals surface area contributed by atoms with E-state index in [-0.39, 0.29) is 17.5 Å². The molecule has 0 saturated carbocycles. The summed E-state index contributed by atoms with van der Waals surface area (Å²) in [7, 11) is -2.83. The number of benzene rings is 1. The molecule has 0 bridgehead atoms. The number of nitrogens with two attached hydrogens (primary N) is 1. The predicted octanol–water partition coefficient (Wildman–Crippen LogP) is 1.03. The second kappa shape index (κ2) is 7.24. The van der Waals surface area contributed by atoms with Crippen molar-refractivity contribution >= 4 is 9.84 Å². The molecular weight excluding hydrogens is 288 g/mol. The zero-order chi connectivity index (χ0) is 15.3. The third-order valence-electron chi connectivity index (χ3n) is 3.83. The number of hydrogen-bond donors (Lipinski definition) is 1. The Balaban J connectivity index is 1.70. The number of rotatable bonds is 6. The maximum Gasteiger partial charge on any atom is 0.153 e. The number of hydrogen-bond acceptors (Lipinski definition) is 5. The van der Waals surface area contributed by atoms with E-state index in [1.807, 2.05) is 31.2 Å². The Hall–Kier alpha value is -1.11. The van der Waals surface area contributed by atoms with Crippen LogP contribution in [0.2, 0.25) is 0 Å². The molecule has 21 heavy (non-hydrogen) atoms. The van der Waals surface area contributed by atoms with Gasteiger partial charge in [-0.15, -0.1) is 0 Å². The highest BCUT2D eigenvalue weighted by atomic mass is 32.2. The molecule has 1 atom stereocenters. The van der Waals surface area contributed by atoms with Crippen LogP contribution in [-0.2, 0) is 16.4 Å². The van der Waals surface area contributed by atoms with Crippen LogP contribution < -0.4 is 10.5 Å². The molecule has 0 aliphatic carbocycles. The second-order valence-corrected chi connectivity index (χ2v) is 7.78. The molecule has 1 unspecified atom stereocenters. The molecule has 1 aromatic rings. The average molecular weight is 312 g/mol. The molecule has 0 aromatic heterocycles. The fraction of sp³-hybridized carbons (Fsp3) is 0.600. The summed E-state index contributed by atoms with van der Waals surface area (Å²) in [5.41, 5.74) is 6.64. The minimum Gasteiger partial charge on any atom is -0.494 e. The van der Waals surface area contributed by atoms with Crippen molar-refractivity contribution < 1.29 is 13.2 Å². The highest BCUT2D eigenvalue weighted by Crippen LogP contribution is 2.14. The van der Waals surface area contributed by atoms with E-state index in [1.54, 1.807) is 0 Å². The Morgan fingerprint density at radius 1 is 1.33 bits per heavy atom. The highest BCUT2D eigenvalue weighted by molar-refractivity contribution is 7.91. The minimum atomic E-state index is -2.83. The van der Waals surface area contributed by atoms with Crippen LogP contribution in [0.25, 0.3) is 0 Å². The Bertz CT molecular complexity index is 543. The van der Waals surface area contributed by atoms with Gasteiger partial charge in [0.2, 0.25) is 0 Å².